The average Bonchev–Trinajstić information content (AvgIpc) is 3.03. The van der Waals surface area contributed by atoms with E-state index in [0.717, 1.165) is 16.7 Å². The van der Waals surface area contributed by atoms with Gasteiger partial charge in [-0.2, -0.15) is 0 Å². The Morgan fingerprint density at radius 3 is 2.33 bits per heavy atom. The second kappa shape index (κ2) is 7.88. The first kappa shape index (κ1) is 17.9. The van der Waals surface area contributed by atoms with E-state index in [-0.39, 0.29) is 5.76 Å². The lowest BCUT2D eigenvalue weighted by atomic mass is 10.1. The molecule has 0 amide bonds. The van der Waals surface area contributed by atoms with Crippen LogP contribution in [0.25, 0.3) is 0 Å². The van der Waals surface area contributed by atoms with Gasteiger partial charge in [0.1, 0.15) is 0 Å². The van der Waals surface area contributed by atoms with Gasteiger partial charge in [0.15, 0.2) is 11.5 Å². The van der Waals surface area contributed by atoms with Crippen molar-refractivity contribution in [2.45, 2.75) is 20.0 Å². The predicted octanol–water partition coefficient (Wildman–Crippen LogP) is 3.02. The third-order valence-corrected chi connectivity index (χ3v) is 3.84. The van der Waals surface area contributed by atoms with E-state index in [2.05, 4.69) is 4.90 Å². The van der Waals surface area contributed by atoms with Gasteiger partial charge in [0.05, 0.1) is 27.6 Å². The van der Waals surface area contributed by atoms with Gasteiger partial charge in [0.2, 0.25) is 5.76 Å². The zero-order valence-electron chi connectivity index (χ0n) is 14.7. The number of aryl methyl sites for hydroxylation is 1. The van der Waals surface area contributed by atoms with Crippen molar-refractivity contribution in [1.82, 2.24) is 4.90 Å². The van der Waals surface area contributed by atoms with Crippen molar-refractivity contribution in [2.75, 3.05) is 28.4 Å². The van der Waals surface area contributed by atoms with E-state index < -0.39 is 5.97 Å². The van der Waals surface area contributed by atoms with Crippen molar-refractivity contribution >= 4 is 5.97 Å². The van der Waals surface area contributed by atoms with Crippen molar-refractivity contribution in [3.63, 3.8) is 0 Å². The summed E-state index contributed by atoms with van der Waals surface area (Å²) in [5, 5.41) is 0. The van der Waals surface area contributed by atoms with Crippen LogP contribution in [0.4, 0.5) is 0 Å². The monoisotopic (exact) mass is 333 g/mol. The number of nitrogens with zero attached hydrogens (tertiary/aromatic N) is 1. The van der Waals surface area contributed by atoms with Crippen molar-refractivity contribution < 1.29 is 23.4 Å². The molecular formula is C18H23NO5. The molecule has 130 valence electrons. The number of furan rings is 1. The fraction of sp³-hybridized carbons (Fsp3) is 0.389. The van der Waals surface area contributed by atoms with Crippen molar-refractivity contribution in [3.05, 3.63) is 46.9 Å². The summed E-state index contributed by atoms with van der Waals surface area (Å²) in [6, 6.07) is 5.71. The predicted molar refractivity (Wildman–Crippen MR) is 89.5 cm³/mol. The summed E-state index contributed by atoms with van der Waals surface area (Å²) in [5.41, 5.74) is 3.03. The first-order valence-electron chi connectivity index (χ1n) is 7.54. The number of benzene rings is 1. The van der Waals surface area contributed by atoms with E-state index in [1.54, 1.807) is 20.3 Å². The molecule has 0 fully saturated rings. The van der Waals surface area contributed by atoms with Gasteiger partial charge < -0.3 is 18.6 Å². The fourth-order valence-electron chi connectivity index (χ4n) is 2.56. The lowest BCUT2D eigenvalue weighted by Crippen LogP contribution is -2.19. The molecule has 0 saturated heterocycles. The number of carbonyl (C=O) groups excluding carboxylic acids is 1. The molecule has 2 rings (SSSR count). The first-order valence-corrected chi connectivity index (χ1v) is 7.54. The maximum atomic E-state index is 11.7. The van der Waals surface area contributed by atoms with Crippen LogP contribution in [-0.2, 0) is 17.8 Å². The van der Waals surface area contributed by atoms with Crippen LogP contribution in [-0.4, -0.2) is 39.2 Å². The molecule has 1 aromatic carbocycles. The van der Waals surface area contributed by atoms with E-state index >= 15 is 0 Å². The van der Waals surface area contributed by atoms with Crippen LogP contribution >= 0.6 is 0 Å². The van der Waals surface area contributed by atoms with Gasteiger partial charge >= 0.3 is 5.97 Å². The van der Waals surface area contributed by atoms with Crippen LogP contribution < -0.4 is 9.47 Å². The SMILES string of the molecule is COC(=O)c1occc1CN(C)Cc1cc(OC)c(OC)cc1C. The summed E-state index contributed by atoms with van der Waals surface area (Å²) in [4.78, 5) is 13.8. The fourth-order valence-corrected chi connectivity index (χ4v) is 2.56. The summed E-state index contributed by atoms with van der Waals surface area (Å²) >= 11 is 0. The Morgan fingerprint density at radius 2 is 1.71 bits per heavy atom. The molecule has 0 saturated carbocycles. The highest BCUT2D eigenvalue weighted by Crippen LogP contribution is 2.31. The second-order valence-electron chi connectivity index (χ2n) is 5.57. The Bertz CT molecular complexity index is 707. The molecule has 0 aliphatic rings. The van der Waals surface area contributed by atoms with Gasteiger partial charge in [0.25, 0.3) is 0 Å². The first-order chi connectivity index (χ1) is 11.5. The highest BCUT2D eigenvalue weighted by atomic mass is 16.5. The number of rotatable bonds is 7. The van der Waals surface area contributed by atoms with Crippen molar-refractivity contribution in [3.8, 4) is 11.5 Å². The standard InChI is InChI=1S/C18H23NO5/c1-12-8-15(21-3)16(22-4)9-14(12)11-19(2)10-13-6-7-24-17(13)18(20)23-5/h6-9H,10-11H2,1-5H3. The average molecular weight is 333 g/mol. The minimum absolute atomic E-state index is 0.244. The normalized spacial score (nSPS) is 10.8. The van der Waals surface area contributed by atoms with Gasteiger partial charge in [-0.15, -0.1) is 0 Å². The van der Waals surface area contributed by atoms with Crippen LogP contribution in [0.15, 0.2) is 28.9 Å². The van der Waals surface area contributed by atoms with E-state index in [1.807, 2.05) is 26.1 Å². The summed E-state index contributed by atoms with van der Waals surface area (Å²) in [6.07, 6.45) is 1.50. The molecular weight excluding hydrogens is 310 g/mol. The Hall–Kier alpha value is -2.47. The van der Waals surface area contributed by atoms with Gasteiger partial charge in [0, 0.05) is 18.7 Å². The summed E-state index contributed by atoms with van der Waals surface area (Å²) in [5.74, 6) is 1.19. The molecule has 0 aliphatic heterocycles. The molecule has 2 aromatic rings. The summed E-state index contributed by atoms with van der Waals surface area (Å²) in [7, 11) is 6.56. The molecule has 0 unspecified atom stereocenters. The van der Waals surface area contributed by atoms with Gasteiger partial charge in [-0.3, -0.25) is 4.90 Å². The molecule has 0 bridgehead atoms. The van der Waals surface area contributed by atoms with E-state index in [9.17, 15) is 4.79 Å². The van der Waals surface area contributed by atoms with Crippen LogP contribution in [0.3, 0.4) is 0 Å². The van der Waals surface area contributed by atoms with Crippen molar-refractivity contribution in [2.24, 2.45) is 0 Å². The van der Waals surface area contributed by atoms with Crippen LogP contribution in [0.1, 0.15) is 27.2 Å². The molecule has 1 aromatic heterocycles. The minimum Gasteiger partial charge on any atom is -0.493 e. The van der Waals surface area contributed by atoms with E-state index in [0.29, 0.717) is 24.6 Å². The molecule has 0 aliphatic carbocycles. The maximum Gasteiger partial charge on any atom is 0.374 e. The number of carbonyl (C=O) groups is 1. The second-order valence-corrected chi connectivity index (χ2v) is 5.57. The Kier molecular flexibility index (Phi) is 5.87. The van der Waals surface area contributed by atoms with Crippen LogP contribution in [0.2, 0.25) is 0 Å². The number of esters is 1. The molecule has 0 radical (unpaired) electrons. The molecule has 0 N–H and O–H groups in total. The largest absolute Gasteiger partial charge is 0.493 e. The highest BCUT2D eigenvalue weighted by molar-refractivity contribution is 5.87. The number of hydrogen-bond acceptors (Lipinski definition) is 6. The van der Waals surface area contributed by atoms with E-state index in [4.69, 9.17) is 18.6 Å². The maximum absolute atomic E-state index is 11.7. The quantitative estimate of drug-likeness (QED) is 0.726. The molecule has 6 nitrogen and oxygen atoms in total. The van der Waals surface area contributed by atoms with Crippen LogP contribution in [0.5, 0.6) is 11.5 Å². The summed E-state index contributed by atoms with van der Waals surface area (Å²) < 4.78 is 20.6. The molecule has 6 heteroatoms. The molecule has 1 heterocycles. The smallest absolute Gasteiger partial charge is 0.374 e. The number of hydrogen-bond donors (Lipinski definition) is 0. The van der Waals surface area contributed by atoms with Crippen LogP contribution in [0, 0.1) is 6.92 Å². The van der Waals surface area contributed by atoms with Gasteiger partial charge in [-0.05, 0) is 43.3 Å². The third-order valence-electron chi connectivity index (χ3n) is 3.84. The highest BCUT2D eigenvalue weighted by Gasteiger charge is 2.18. The Balaban J connectivity index is 2.14. The topological polar surface area (TPSA) is 61.1 Å². The van der Waals surface area contributed by atoms with Gasteiger partial charge in [-0.25, -0.2) is 4.79 Å². The third kappa shape index (κ3) is 3.89. The number of methoxy groups -OCH3 is 3. The zero-order chi connectivity index (χ0) is 17.7. The molecule has 0 atom stereocenters. The lowest BCUT2D eigenvalue weighted by Gasteiger charge is -2.19. The molecule has 0 spiro atoms. The Labute approximate surface area is 141 Å². The van der Waals surface area contributed by atoms with Gasteiger partial charge in [-0.1, -0.05) is 0 Å². The molecule has 24 heavy (non-hydrogen) atoms. The zero-order valence-corrected chi connectivity index (χ0v) is 14.7. The minimum atomic E-state index is -0.467. The Morgan fingerprint density at radius 1 is 1.08 bits per heavy atom. The van der Waals surface area contributed by atoms with Crippen molar-refractivity contribution in [1.29, 1.82) is 0 Å². The lowest BCUT2D eigenvalue weighted by molar-refractivity contribution is 0.0562. The van der Waals surface area contributed by atoms with E-state index in [1.165, 1.54) is 13.4 Å². The summed E-state index contributed by atoms with van der Waals surface area (Å²) in [6.45, 7) is 3.29. The number of ether oxygens (including phenoxy) is 3.